The summed E-state index contributed by atoms with van der Waals surface area (Å²) in [6, 6.07) is 0. The molecule has 54 valence electrons. The Morgan fingerprint density at radius 3 is 2.56 bits per heavy atom. The molecule has 0 aromatic heterocycles. The van der Waals surface area contributed by atoms with Gasteiger partial charge in [-0.25, -0.2) is 0 Å². The van der Waals surface area contributed by atoms with Crippen molar-refractivity contribution in [3.8, 4) is 0 Å². The fraction of sp³-hybridized carbons (Fsp3) is 1.00. The Hall–Kier alpha value is -0.130. The maximum atomic E-state index is 10.5. The lowest BCUT2D eigenvalue weighted by Gasteiger charge is -1.99. The van der Waals surface area contributed by atoms with Crippen LogP contribution in [-0.2, 0) is 14.3 Å². The van der Waals surface area contributed by atoms with Gasteiger partial charge >= 0.3 is 0 Å². The van der Waals surface area contributed by atoms with Crippen LogP contribution in [0.3, 0.4) is 0 Å². The molecule has 1 N–H and O–H groups in total. The van der Waals surface area contributed by atoms with Crippen LogP contribution < -0.4 is 0 Å². The molecule has 9 heavy (non-hydrogen) atoms. The molecule has 0 bridgehead atoms. The van der Waals surface area contributed by atoms with Crippen molar-refractivity contribution < 1.29 is 17.7 Å². The van der Waals surface area contributed by atoms with Gasteiger partial charge in [0.1, 0.15) is 6.10 Å². The minimum absolute atomic E-state index is 0.0399. The van der Waals surface area contributed by atoms with Crippen molar-refractivity contribution in [2.75, 3.05) is 12.4 Å². The van der Waals surface area contributed by atoms with Gasteiger partial charge in [-0.1, -0.05) is 0 Å². The average Bonchev–Trinajstić information content (AvgIpc) is 2.10. The summed E-state index contributed by atoms with van der Waals surface area (Å²) in [7, 11) is -3.27. The molecule has 5 heteroatoms. The molecule has 0 radical (unpaired) electrons. The molecule has 0 saturated carbocycles. The van der Waals surface area contributed by atoms with Crippen molar-refractivity contribution in [2.24, 2.45) is 0 Å². The molecule has 1 fully saturated rings. The van der Waals surface area contributed by atoms with Crippen LogP contribution in [0.15, 0.2) is 0 Å². The Bertz CT molecular complexity index is 183. The number of hydrogen-bond acceptors (Lipinski definition) is 4. The van der Waals surface area contributed by atoms with E-state index in [1.54, 1.807) is 0 Å². The standard InChI is InChI=1S/C4H8O4S/c5-3-4-1-2-9(6,7)8-4/h4-5H,1-3H2/t4-/m1/s1. The summed E-state index contributed by atoms with van der Waals surface area (Å²) in [5, 5.41) is 8.41. The van der Waals surface area contributed by atoms with Crippen LogP contribution in [0.2, 0.25) is 0 Å². The van der Waals surface area contributed by atoms with Gasteiger partial charge in [-0.05, 0) is 6.42 Å². The fourth-order valence-electron chi connectivity index (χ4n) is 0.701. The molecule has 0 unspecified atom stereocenters. The van der Waals surface area contributed by atoms with Crippen molar-refractivity contribution in [2.45, 2.75) is 12.5 Å². The lowest BCUT2D eigenvalue weighted by Crippen LogP contribution is -2.11. The van der Waals surface area contributed by atoms with Crippen LogP contribution in [-0.4, -0.2) is 32.0 Å². The molecule has 0 aromatic carbocycles. The zero-order valence-electron chi connectivity index (χ0n) is 4.78. The first-order chi connectivity index (χ1) is 4.14. The van der Waals surface area contributed by atoms with Crippen LogP contribution in [0, 0.1) is 0 Å². The highest BCUT2D eigenvalue weighted by Crippen LogP contribution is 2.14. The smallest absolute Gasteiger partial charge is 0.267 e. The van der Waals surface area contributed by atoms with Gasteiger partial charge in [0.25, 0.3) is 10.1 Å². The van der Waals surface area contributed by atoms with E-state index < -0.39 is 16.2 Å². The summed E-state index contributed by atoms with van der Waals surface area (Å²) in [5.41, 5.74) is 0. The van der Waals surface area contributed by atoms with E-state index >= 15 is 0 Å². The van der Waals surface area contributed by atoms with Gasteiger partial charge in [0.15, 0.2) is 0 Å². The van der Waals surface area contributed by atoms with Gasteiger partial charge in [-0.2, -0.15) is 8.42 Å². The summed E-state index contributed by atoms with van der Waals surface area (Å²) in [6.07, 6.45) is -0.0752. The number of rotatable bonds is 1. The van der Waals surface area contributed by atoms with E-state index in [2.05, 4.69) is 4.18 Å². The second-order valence-electron chi connectivity index (χ2n) is 1.95. The Labute approximate surface area is 53.6 Å². The van der Waals surface area contributed by atoms with Gasteiger partial charge in [0, 0.05) is 0 Å². The SMILES string of the molecule is O=S1(=O)CC[C@H](CO)O1. The Morgan fingerprint density at radius 2 is 2.33 bits per heavy atom. The molecule has 0 aromatic rings. The van der Waals surface area contributed by atoms with Crippen LogP contribution in [0.1, 0.15) is 6.42 Å². The molecule has 4 nitrogen and oxygen atoms in total. The van der Waals surface area contributed by atoms with Crippen molar-refractivity contribution in [3.05, 3.63) is 0 Å². The van der Waals surface area contributed by atoms with Crippen molar-refractivity contribution >= 4 is 10.1 Å². The maximum Gasteiger partial charge on any atom is 0.267 e. The molecule has 0 aliphatic carbocycles. The highest BCUT2D eigenvalue weighted by molar-refractivity contribution is 7.86. The predicted octanol–water partition coefficient (Wildman–Crippen LogP) is -0.903. The first kappa shape index (κ1) is 6.98. The fourth-order valence-corrected chi connectivity index (χ4v) is 1.92. The highest BCUT2D eigenvalue weighted by atomic mass is 32.2. The van der Waals surface area contributed by atoms with Crippen molar-refractivity contribution in [1.82, 2.24) is 0 Å². The van der Waals surface area contributed by atoms with E-state index in [1.807, 2.05) is 0 Å². The summed E-state index contributed by atoms with van der Waals surface area (Å²) >= 11 is 0. The third-order valence-corrected chi connectivity index (χ3v) is 2.48. The molecular weight excluding hydrogens is 144 g/mol. The summed E-state index contributed by atoms with van der Waals surface area (Å²) < 4.78 is 25.4. The van der Waals surface area contributed by atoms with E-state index in [1.165, 1.54) is 0 Å². The second kappa shape index (κ2) is 2.24. The second-order valence-corrected chi connectivity index (χ2v) is 3.67. The number of hydrogen-bond donors (Lipinski definition) is 1. The topological polar surface area (TPSA) is 63.6 Å². The van der Waals surface area contributed by atoms with Crippen molar-refractivity contribution in [3.63, 3.8) is 0 Å². The number of aliphatic hydroxyl groups is 1. The van der Waals surface area contributed by atoms with Crippen LogP contribution in [0.5, 0.6) is 0 Å². The van der Waals surface area contributed by atoms with Crippen LogP contribution >= 0.6 is 0 Å². The lowest BCUT2D eigenvalue weighted by molar-refractivity contribution is 0.136. The first-order valence-corrected chi connectivity index (χ1v) is 4.23. The zero-order valence-corrected chi connectivity index (χ0v) is 5.60. The number of aliphatic hydroxyl groups excluding tert-OH is 1. The average molecular weight is 152 g/mol. The molecule has 0 spiro atoms. The van der Waals surface area contributed by atoms with Gasteiger partial charge in [-0.15, -0.1) is 0 Å². The molecule has 1 rings (SSSR count). The van der Waals surface area contributed by atoms with E-state index in [0.717, 1.165) is 0 Å². The molecule has 1 saturated heterocycles. The molecule has 1 heterocycles. The summed E-state index contributed by atoms with van der Waals surface area (Å²) in [4.78, 5) is 0. The molecule has 1 atom stereocenters. The Balaban J connectivity index is 2.58. The van der Waals surface area contributed by atoms with E-state index in [9.17, 15) is 8.42 Å². The zero-order chi connectivity index (χ0) is 6.91. The maximum absolute atomic E-state index is 10.5. The third kappa shape index (κ3) is 1.64. The predicted molar refractivity (Wildman–Crippen MR) is 30.4 cm³/mol. The highest BCUT2D eigenvalue weighted by Gasteiger charge is 2.27. The Kier molecular flexibility index (Phi) is 1.74. The Morgan fingerprint density at radius 1 is 1.67 bits per heavy atom. The normalized spacial score (nSPS) is 32.8. The van der Waals surface area contributed by atoms with Crippen molar-refractivity contribution in [1.29, 1.82) is 0 Å². The summed E-state index contributed by atoms with van der Waals surface area (Å²) in [6.45, 7) is -0.209. The van der Waals surface area contributed by atoms with E-state index in [-0.39, 0.29) is 12.4 Å². The molecular formula is C4H8O4S. The van der Waals surface area contributed by atoms with Gasteiger partial charge in [0.05, 0.1) is 12.4 Å². The molecule has 1 aliphatic rings. The third-order valence-electron chi connectivity index (χ3n) is 1.18. The minimum atomic E-state index is -3.27. The van der Waals surface area contributed by atoms with Gasteiger partial charge < -0.3 is 5.11 Å². The van der Waals surface area contributed by atoms with Crippen LogP contribution in [0.25, 0.3) is 0 Å². The van der Waals surface area contributed by atoms with Gasteiger partial charge in [0.2, 0.25) is 0 Å². The van der Waals surface area contributed by atoms with Gasteiger partial charge in [-0.3, -0.25) is 4.18 Å². The van der Waals surface area contributed by atoms with Crippen LogP contribution in [0.4, 0.5) is 0 Å². The molecule has 1 aliphatic heterocycles. The largest absolute Gasteiger partial charge is 0.394 e. The summed E-state index contributed by atoms with van der Waals surface area (Å²) in [5.74, 6) is 0.0399. The quantitative estimate of drug-likeness (QED) is 0.494. The lowest BCUT2D eigenvalue weighted by atomic mass is 10.3. The van der Waals surface area contributed by atoms with E-state index in [4.69, 9.17) is 5.11 Å². The minimum Gasteiger partial charge on any atom is -0.394 e. The first-order valence-electron chi connectivity index (χ1n) is 2.66. The van der Waals surface area contributed by atoms with E-state index in [0.29, 0.717) is 6.42 Å². The molecule has 0 amide bonds. The monoisotopic (exact) mass is 152 g/mol.